The van der Waals surface area contributed by atoms with Crippen molar-refractivity contribution >= 4 is 6.03 Å². The summed E-state index contributed by atoms with van der Waals surface area (Å²) in [4.78, 5) is 16.3. The maximum Gasteiger partial charge on any atom is 0.320 e. The summed E-state index contributed by atoms with van der Waals surface area (Å²) in [6.07, 6.45) is 3.41. The van der Waals surface area contributed by atoms with Crippen LogP contribution in [0.4, 0.5) is 4.79 Å². The van der Waals surface area contributed by atoms with Crippen LogP contribution in [-0.4, -0.2) is 55.1 Å². The number of nitrogens with one attached hydrogen (secondary N) is 1. The van der Waals surface area contributed by atoms with Crippen LogP contribution in [-0.2, 0) is 0 Å². The molecule has 0 aromatic carbocycles. The van der Waals surface area contributed by atoms with Crippen molar-refractivity contribution in [3.8, 4) is 0 Å². The number of piperidine rings is 1. The van der Waals surface area contributed by atoms with Gasteiger partial charge in [-0.3, -0.25) is 0 Å². The van der Waals surface area contributed by atoms with Crippen LogP contribution in [0.2, 0.25) is 0 Å². The molecule has 108 valence electrons. The van der Waals surface area contributed by atoms with Gasteiger partial charge in [-0.1, -0.05) is 20.8 Å². The maximum atomic E-state index is 12.2. The predicted molar refractivity (Wildman–Crippen MR) is 77.9 cm³/mol. The van der Waals surface area contributed by atoms with Crippen LogP contribution >= 0.6 is 0 Å². The predicted octanol–water partition coefficient (Wildman–Crippen LogP) is 2.41. The zero-order valence-electron chi connectivity index (χ0n) is 12.2. The van der Waals surface area contributed by atoms with Crippen molar-refractivity contribution in [2.75, 3.05) is 39.3 Å². The summed E-state index contributed by atoms with van der Waals surface area (Å²) < 4.78 is 0. The summed E-state index contributed by atoms with van der Waals surface area (Å²) in [5.41, 5.74) is 0. The van der Waals surface area contributed by atoms with Crippen LogP contribution in [0.3, 0.4) is 0 Å². The minimum atomic E-state index is 0. The van der Waals surface area contributed by atoms with Crippen molar-refractivity contribution in [1.29, 1.82) is 0 Å². The highest BCUT2D eigenvalue weighted by molar-refractivity contribution is 5.74. The summed E-state index contributed by atoms with van der Waals surface area (Å²) in [6, 6.07) is 0.260. The molecule has 0 radical (unpaired) electrons. The van der Waals surface area contributed by atoms with E-state index in [4.69, 9.17) is 0 Å². The second kappa shape index (κ2) is 8.35. The van der Waals surface area contributed by atoms with E-state index >= 15 is 0 Å². The lowest BCUT2D eigenvalue weighted by atomic mass is 9.99. The first-order valence-electron chi connectivity index (χ1n) is 7.52. The van der Waals surface area contributed by atoms with Gasteiger partial charge in [0, 0.05) is 34.2 Å². The molecule has 2 aliphatic heterocycles. The van der Waals surface area contributed by atoms with Gasteiger partial charge in [-0.25, -0.2) is 4.79 Å². The van der Waals surface area contributed by atoms with E-state index in [0.29, 0.717) is 0 Å². The number of hydrogen-bond donors (Lipinski definition) is 1. The van der Waals surface area contributed by atoms with Crippen LogP contribution in [0.25, 0.3) is 0 Å². The molecule has 4 heteroatoms. The van der Waals surface area contributed by atoms with Gasteiger partial charge in [0.25, 0.3) is 0 Å². The zero-order chi connectivity index (χ0) is 13.4. The van der Waals surface area contributed by atoms with Crippen molar-refractivity contribution in [2.24, 2.45) is 5.92 Å². The van der Waals surface area contributed by atoms with E-state index in [-0.39, 0.29) is 7.46 Å². The molecule has 2 heterocycles. The second-order valence-corrected chi connectivity index (χ2v) is 5.04. The standard InChI is InChI=1S/C12H23N3O.C2H6.H2/c1-11-3-8-15(9-4-11)12(16)14-7-2-5-13-6-10-14;1-2;/h11,13H,2-10H2,1H3;1-2H3;1H. The normalized spacial score (nSPS) is 21.9. The Labute approximate surface area is 113 Å². The van der Waals surface area contributed by atoms with E-state index in [1.807, 2.05) is 23.6 Å². The highest BCUT2D eigenvalue weighted by Gasteiger charge is 2.24. The number of hydrogen-bond acceptors (Lipinski definition) is 2. The largest absolute Gasteiger partial charge is 0.325 e. The Morgan fingerprint density at radius 1 is 1.06 bits per heavy atom. The van der Waals surface area contributed by atoms with Crippen LogP contribution in [0.15, 0.2) is 0 Å². The number of amides is 2. The Kier molecular flexibility index (Phi) is 7.09. The molecule has 0 aliphatic carbocycles. The molecule has 0 unspecified atom stereocenters. The fourth-order valence-corrected chi connectivity index (χ4v) is 2.44. The van der Waals surface area contributed by atoms with Crippen molar-refractivity contribution in [3.63, 3.8) is 0 Å². The van der Waals surface area contributed by atoms with Crippen LogP contribution in [0.1, 0.15) is 41.5 Å². The lowest BCUT2D eigenvalue weighted by Crippen LogP contribution is -2.47. The molecule has 2 amide bonds. The first-order valence-corrected chi connectivity index (χ1v) is 7.52. The van der Waals surface area contributed by atoms with E-state index in [9.17, 15) is 4.79 Å². The van der Waals surface area contributed by atoms with Gasteiger partial charge < -0.3 is 15.1 Å². The average molecular weight is 257 g/mol. The number of carbonyl (C=O) groups excluding carboxylic acids is 1. The van der Waals surface area contributed by atoms with E-state index < -0.39 is 0 Å². The molecule has 0 atom stereocenters. The Balaban J connectivity index is 0.00000103. The van der Waals surface area contributed by atoms with Crippen molar-refractivity contribution < 1.29 is 6.22 Å². The third-order valence-electron chi connectivity index (χ3n) is 3.66. The van der Waals surface area contributed by atoms with Crippen molar-refractivity contribution in [2.45, 2.75) is 40.0 Å². The molecule has 1 N–H and O–H groups in total. The molecule has 2 aliphatic rings. The molecule has 0 bridgehead atoms. The number of carbonyl (C=O) groups is 1. The number of nitrogens with zero attached hydrogens (tertiary/aromatic N) is 2. The monoisotopic (exact) mass is 257 g/mol. The Bertz CT molecular complexity index is 235. The Hall–Kier alpha value is -0.770. The van der Waals surface area contributed by atoms with Gasteiger partial charge in [0.15, 0.2) is 0 Å². The lowest BCUT2D eigenvalue weighted by Gasteiger charge is -2.34. The molecule has 4 nitrogen and oxygen atoms in total. The number of urea groups is 1. The van der Waals surface area contributed by atoms with Gasteiger partial charge in [-0.05, 0) is 31.7 Å². The van der Waals surface area contributed by atoms with Gasteiger partial charge in [0.1, 0.15) is 0 Å². The highest BCUT2D eigenvalue weighted by atomic mass is 16.2. The molecule has 18 heavy (non-hydrogen) atoms. The van der Waals surface area contributed by atoms with Crippen LogP contribution in [0.5, 0.6) is 0 Å². The first-order chi connectivity index (χ1) is 8.77. The second-order valence-electron chi connectivity index (χ2n) is 5.04. The molecule has 2 fully saturated rings. The zero-order valence-corrected chi connectivity index (χ0v) is 12.2. The van der Waals surface area contributed by atoms with Gasteiger partial charge in [0.2, 0.25) is 0 Å². The maximum absolute atomic E-state index is 12.2. The smallest absolute Gasteiger partial charge is 0.320 e. The van der Waals surface area contributed by atoms with E-state index in [1.54, 1.807) is 0 Å². The highest BCUT2D eigenvalue weighted by Crippen LogP contribution is 2.17. The van der Waals surface area contributed by atoms with Gasteiger partial charge in [-0.2, -0.15) is 0 Å². The van der Waals surface area contributed by atoms with Crippen molar-refractivity contribution in [1.82, 2.24) is 15.1 Å². The van der Waals surface area contributed by atoms with Gasteiger partial charge in [0.05, 0.1) is 0 Å². The summed E-state index contributed by atoms with van der Waals surface area (Å²) in [5, 5.41) is 3.33. The van der Waals surface area contributed by atoms with E-state index in [1.165, 1.54) is 0 Å². The molecular weight excluding hydrogens is 226 g/mol. The average Bonchev–Trinajstić information content (AvgIpc) is 2.70. The van der Waals surface area contributed by atoms with Crippen LogP contribution < -0.4 is 5.32 Å². The summed E-state index contributed by atoms with van der Waals surface area (Å²) in [7, 11) is 0. The minimum Gasteiger partial charge on any atom is -0.325 e. The van der Waals surface area contributed by atoms with E-state index in [0.717, 1.165) is 64.4 Å². The first kappa shape index (κ1) is 15.3. The van der Waals surface area contributed by atoms with Crippen molar-refractivity contribution in [3.05, 3.63) is 0 Å². The quantitative estimate of drug-likeness (QED) is 0.723. The Morgan fingerprint density at radius 3 is 2.33 bits per heavy atom. The third kappa shape index (κ3) is 4.48. The molecule has 0 aromatic heterocycles. The number of likely N-dealkylation sites (tertiary alicyclic amines) is 1. The fraction of sp³-hybridized carbons (Fsp3) is 0.929. The molecule has 2 rings (SSSR count). The van der Waals surface area contributed by atoms with Gasteiger partial charge in [-0.15, -0.1) is 0 Å². The molecular formula is C14H31N3O. The topological polar surface area (TPSA) is 35.6 Å². The molecule has 0 saturated carbocycles. The Morgan fingerprint density at radius 2 is 1.67 bits per heavy atom. The third-order valence-corrected chi connectivity index (χ3v) is 3.66. The summed E-state index contributed by atoms with van der Waals surface area (Å²) in [6.45, 7) is 11.9. The molecule has 2 saturated heterocycles. The SMILES string of the molecule is CC.CC1CCN(C(=O)N2CCCNCC2)CC1.[HH]. The minimum absolute atomic E-state index is 0. The van der Waals surface area contributed by atoms with E-state index in [2.05, 4.69) is 12.2 Å². The van der Waals surface area contributed by atoms with Gasteiger partial charge >= 0.3 is 6.03 Å². The lowest BCUT2D eigenvalue weighted by molar-refractivity contribution is 0.137. The fourth-order valence-electron chi connectivity index (χ4n) is 2.44. The summed E-state index contributed by atoms with van der Waals surface area (Å²) >= 11 is 0. The number of rotatable bonds is 0. The summed E-state index contributed by atoms with van der Waals surface area (Å²) in [5.74, 6) is 0.787. The molecule has 0 aromatic rings. The van der Waals surface area contributed by atoms with Crippen LogP contribution in [0, 0.1) is 5.92 Å². The molecule has 0 spiro atoms.